The molecule has 1 aromatic carbocycles. The van der Waals surface area contributed by atoms with E-state index in [4.69, 9.17) is 15.5 Å². The third-order valence-electron chi connectivity index (χ3n) is 5.61. The summed E-state index contributed by atoms with van der Waals surface area (Å²) in [5.74, 6) is 0.786. The predicted octanol–water partition coefficient (Wildman–Crippen LogP) is 4.94. The molecule has 5 heteroatoms. The van der Waals surface area contributed by atoms with Crippen molar-refractivity contribution in [3.05, 3.63) is 52.3 Å². The van der Waals surface area contributed by atoms with Crippen LogP contribution in [0.4, 0.5) is 0 Å². The molecule has 3 aromatic rings. The van der Waals surface area contributed by atoms with Crippen molar-refractivity contribution in [3.63, 3.8) is 0 Å². The molecule has 0 saturated carbocycles. The number of hydrogen-bond acceptors (Lipinski definition) is 3. The SMILES string of the molecule is CCC(CC)c1cc(C)c2nc(-c3cc(C)c(OC)cc3C)c(C(N)=O)n2c1. The second kappa shape index (κ2) is 7.66. The van der Waals surface area contributed by atoms with E-state index in [1.165, 1.54) is 5.56 Å². The summed E-state index contributed by atoms with van der Waals surface area (Å²) in [6.45, 7) is 10.4. The first-order valence-electron chi connectivity index (χ1n) is 9.80. The second-order valence-electron chi connectivity index (χ2n) is 7.47. The van der Waals surface area contributed by atoms with Crippen molar-refractivity contribution < 1.29 is 9.53 Å². The van der Waals surface area contributed by atoms with Crippen molar-refractivity contribution in [3.8, 4) is 17.0 Å². The van der Waals surface area contributed by atoms with Gasteiger partial charge in [0.05, 0.1) is 7.11 Å². The number of rotatable bonds is 6. The molecule has 28 heavy (non-hydrogen) atoms. The maximum atomic E-state index is 12.5. The average Bonchev–Trinajstić information content (AvgIpc) is 3.04. The van der Waals surface area contributed by atoms with Crippen LogP contribution in [0, 0.1) is 20.8 Å². The zero-order valence-electron chi connectivity index (χ0n) is 17.6. The first-order chi connectivity index (χ1) is 13.3. The van der Waals surface area contributed by atoms with Crippen molar-refractivity contribution in [2.45, 2.75) is 53.4 Å². The normalized spacial score (nSPS) is 11.4. The molecule has 0 saturated heterocycles. The molecule has 0 radical (unpaired) electrons. The summed E-state index contributed by atoms with van der Waals surface area (Å²) in [5.41, 5.74) is 12.8. The first-order valence-corrected chi connectivity index (χ1v) is 9.80. The summed E-state index contributed by atoms with van der Waals surface area (Å²) < 4.78 is 7.30. The second-order valence-corrected chi connectivity index (χ2v) is 7.47. The Morgan fingerprint density at radius 2 is 1.79 bits per heavy atom. The number of amides is 1. The molecule has 0 unspecified atom stereocenters. The number of ether oxygens (including phenoxy) is 1. The minimum atomic E-state index is -0.475. The number of methoxy groups -OCH3 is 1. The Labute approximate surface area is 166 Å². The number of primary amides is 1. The van der Waals surface area contributed by atoms with E-state index in [1.54, 1.807) is 7.11 Å². The minimum absolute atomic E-state index is 0.429. The number of aromatic nitrogens is 2. The number of nitrogens with two attached hydrogens (primary N) is 1. The number of carbonyl (C=O) groups is 1. The van der Waals surface area contributed by atoms with Crippen LogP contribution in [0.2, 0.25) is 0 Å². The van der Waals surface area contributed by atoms with Crippen molar-refractivity contribution >= 4 is 11.6 Å². The van der Waals surface area contributed by atoms with Crippen LogP contribution in [0.3, 0.4) is 0 Å². The summed E-state index contributed by atoms with van der Waals surface area (Å²) in [7, 11) is 1.66. The Morgan fingerprint density at radius 3 is 2.36 bits per heavy atom. The monoisotopic (exact) mass is 379 g/mol. The molecule has 0 atom stereocenters. The summed E-state index contributed by atoms with van der Waals surface area (Å²) in [6, 6.07) is 6.17. The van der Waals surface area contributed by atoms with Gasteiger partial charge in [0, 0.05) is 11.8 Å². The maximum absolute atomic E-state index is 12.5. The van der Waals surface area contributed by atoms with Gasteiger partial charge in [0.1, 0.15) is 22.8 Å². The lowest BCUT2D eigenvalue weighted by molar-refractivity contribution is 0.0995. The number of aryl methyl sites for hydroxylation is 3. The van der Waals surface area contributed by atoms with Crippen LogP contribution in [0.1, 0.15) is 65.3 Å². The van der Waals surface area contributed by atoms with E-state index in [-0.39, 0.29) is 0 Å². The van der Waals surface area contributed by atoms with Crippen LogP contribution in [-0.4, -0.2) is 22.4 Å². The number of benzene rings is 1. The van der Waals surface area contributed by atoms with E-state index in [0.29, 0.717) is 17.3 Å². The molecule has 3 rings (SSSR count). The highest BCUT2D eigenvalue weighted by Crippen LogP contribution is 2.34. The molecule has 0 spiro atoms. The quantitative estimate of drug-likeness (QED) is 0.659. The lowest BCUT2D eigenvalue weighted by Gasteiger charge is -2.15. The summed E-state index contributed by atoms with van der Waals surface area (Å²) in [4.78, 5) is 17.3. The minimum Gasteiger partial charge on any atom is -0.496 e. The Balaban J connectivity index is 2.33. The molecule has 1 amide bonds. The molecule has 2 N–H and O–H groups in total. The summed E-state index contributed by atoms with van der Waals surface area (Å²) >= 11 is 0. The smallest absolute Gasteiger partial charge is 0.268 e. The lowest BCUT2D eigenvalue weighted by atomic mass is 9.94. The van der Waals surface area contributed by atoms with Gasteiger partial charge >= 0.3 is 0 Å². The molecule has 0 aliphatic rings. The van der Waals surface area contributed by atoms with Crippen molar-refractivity contribution in [2.24, 2.45) is 5.73 Å². The van der Waals surface area contributed by atoms with Crippen molar-refractivity contribution in [2.75, 3.05) is 7.11 Å². The van der Waals surface area contributed by atoms with Gasteiger partial charge in [-0.2, -0.15) is 0 Å². The van der Waals surface area contributed by atoms with Crippen LogP contribution >= 0.6 is 0 Å². The van der Waals surface area contributed by atoms with Crippen LogP contribution in [0.5, 0.6) is 5.75 Å². The summed E-state index contributed by atoms with van der Waals surface area (Å²) in [6.07, 6.45) is 4.12. The first kappa shape index (κ1) is 19.9. The van der Waals surface area contributed by atoms with E-state index in [1.807, 2.05) is 43.5 Å². The third-order valence-corrected chi connectivity index (χ3v) is 5.61. The molecular weight excluding hydrogens is 350 g/mol. The molecule has 0 aliphatic heterocycles. The van der Waals surface area contributed by atoms with E-state index < -0.39 is 5.91 Å². The lowest BCUT2D eigenvalue weighted by Crippen LogP contribution is -2.15. The van der Waals surface area contributed by atoms with Gasteiger partial charge in [-0.3, -0.25) is 9.20 Å². The van der Waals surface area contributed by atoms with E-state index in [9.17, 15) is 4.79 Å². The van der Waals surface area contributed by atoms with E-state index in [2.05, 4.69) is 19.9 Å². The molecule has 0 aliphatic carbocycles. The molecule has 148 valence electrons. The average molecular weight is 380 g/mol. The number of hydrogen-bond donors (Lipinski definition) is 1. The highest BCUT2D eigenvalue weighted by Gasteiger charge is 2.23. The molecule has 0 fully saturated rings. The van der Waals surface area contributed by atoms with Gasteiger partial charge in [-0.15, -0.1) is 0 Å². The standard InChI is InChI=1S/C23H29N3O2/c1-7-16(8-2)17-9-15(5)23-25-20(21(22(24)27)26(23)12-17)18-10-14(4)19(28-6)11-13(18)3/h9-12,16H,7-8H2,1-6H3,(H2,24,27). The number of nitrogens with zero attached hydrogens (tertiary/aromatic N) is 2. The fourth-order valence-electron chi connectivity index (χ4n) is 4.01. The van der Waals surface area contributed by atoms with Crippen LogP contribution in [-0.2, 0) is 0 Å². The van der Waals surface area contributed by atoms with Gasteiger partial charge in [-0.1, -0.05) is 19.9 Å². The predicted molar refractivity (Wildman–Crippen MR) is 113 cm³/mol. The maximum Gasteiger partial charge on any atom is 0.268 e. The van der Waals surface area contributed by atoms with Crippen LogP contribution in [0.15, 0.2) is 24.4 Å². The van der Waals surface area contributed by atoms with Gasteiger partial charge in [0.15, 0.2) is 0 Å². The Bertz CT molecular complexity index is 1050. The Morgan fingerprint density at radius 1 is 1.11 bits per heavy atom. The zero-order valence-corrected chi connectivity index (χ0v) is 17.6. The Kier molecular flexibility index (Phi) is 5.45. The number of fused-ring (bicyclic) bond motifs is 1. The fourth-order valence-corrected chi connectivity index (χ4v) is 4.01. The molecular formula is C23H29N3O2. The fraction of sp³-hybridized carbons (Fsp3) is 0.391. The topological polar surface area (TPSA) is 69.6 Å². The van der Waals surface area contributed by atoms with Crippen LogP contribution in [0.25, 0.3) is 16.9 Å². The van der Waals surface area contributed by atoms with Gasteiger partial charge in [-0.25, -0.2) is 4.98 Å². The molecule has 5 nitrogen and oxygen atoms in total. The Hall–Kier alpha value is -2.82. The largest absolute Gasteiger partial charge is 0.496 e. The highest BCUT2D eigenvalue weighted by atomic mass is 16.5. The van der Waals surface area contributed by atoms with Gasteiger partial charge in [0.25, 0.3) is 5.91 Å². The van der Waals surface area contributed by atoms with Crippen molar-refractivity contribution in [1.29, 1.82) is 0 Å². The van der Waals surface area contributed by atoms with Crippen LogP contribution < -0.4 is 10.5 Å². The highest BCUT2D eigenvalue weighted by molar-refractivity contribution is 5.99. The molecule has 0 bridgehead atoms. The van der Waals surface area contributed by atoms with Gasteiger partial charge in [-0.05, 0) is 73.9 Å². The molecule has 2 aromatic heterocycles. The van der Waals surface area contributed by atoms with E-state index in [0.717, 1.165) is 46.5 Å². The third kappa shape index (κ3) is 3.26. The van der Waals surface area contributed by atoms with Crippen molar-refractivity contribution in [1.82, 2.24) is 9.38 Å². The van der Waals surface area contributed by atoms with Gasteiger partial charge in [0.2, 0.25) is 0 Å². The molecule has 2 heterocycles. The van der Waals surface area contributed by atoms with Gasteiger partial charge < -0.3 is 10.5 Å². The number of pyridine rings is 1. The van der Waals surface area contributed by atoms with E-state index >= 15 is 0 Å². The number of carbonyl (C=O) groups excluding carboxylic acids is 1. The number of imidazole rings is 1. The zero-order chi connectivity index (χ0) is 20.6. The summed E-state index contributed by atoms with van der Waals surface area (Å²) in [5, 5.41) is 0.